The van der Waals surface area contributed by atoms with Gasteiger partial charge in [-0.2, -0.15) is 0 Å². The lowest BCUT2D eigenvalue weighted by atomic mass is 10.0. The van der Waals surface area contributed by atoms with Gasteiger partial charge in [-0.15, -0.1) is 0 Å². The number of nitrogens with zero attached hydrogens (tertiary/aromatic N) is 2. The van der Waals surface area contributed by atoms with Crippen LogP contribution < -0.4 is 4.72 Å². The zero-order chi connectivity index (χ0) is 15.2. The fourth-order valence-corrected chi connectivity index (χ4v) is 2.88. The Morgan fingerprint density at radius 2 is 1.64 bits per heavy atom. The minimum Gasteiger partial charge on any atom is -0.265 e. The van der Waals surface area contributed by atoms with Gasteiger partial charge in [-0.25, -0.2) is 0 Å². The number of rotatable bonds is 5. The van der Waals surface area contributed by atoms with Crippen LogP contribution in [0.1, 0.15) is 11.1 Å². The second-order valence-electron chi connectivity index (χ2n) is 4.99. The van der Waals surface area contributed by atoms with E-state index in [1.165, 1.54) is 27.1 Å². The highest BCUT2D eigenvalue weighted by molar-refractivity contribution is 7.97. The topological polar surface area (TPSA) is 37.8 Å². The van der Waals surface area contributed by atoms with Gasteiger partial charge in [-0.3, -0.25) is 14.7 Å². The largest absolute Gasteiger partial charge is 0.265 e. The van der Waals surface area contributed by atoms with Crippen LogP contribution in [0.2, 0.25) is 0 Å². The predicted octanol–water partition coefficient (Wildman–Crippen LogP) is 4.25. The van der Waals surface area contributed by atoms with E-state index in [0.717, 1.165) is 6.54 Å². The van der Waals surface area contributed by atoms with Gasteiger partial charge < -0.3 is 0 Å². The highest BCUT2D eigenvalue weighted by Crippen LogP contribution is 2.25. The second-order valence-corrected chi connectivity index (χ2v) is 5.96. The van der Waals surface area contributed by atoms with Crippen molar-refractivity contribution >= 4 is 11.9 Å². The van der Waals surface area contributed by atoms with Crippen molar-refractivity contribution < 1.29 is 0 Å². The molecule has 110 valence electrons. The van der Waals surface area contributed by atoms with Gasteiger partial charge in [0.25, 0.3) is 0 Å². The van der Waals surface area contributed by atoms with E-state index < -0.39 is 0 Å². The molecule has 1 aromatic carbocycles. The summed E-state index contributed by atoms with van der Waals surface area (Å²) in [5, 5.41) is 0. The summed E-state index contributed by atoms with van der Waals surface area (Å²) >= 11 is 1.64. The van der Waals surface area contributed by atoms with Crippen molar-refractivity contribution in [1.82, 2.24) is 14.7 Å². The lowest BCUT2D eigenvalue weighted by Gasteiger charge is -2.07. The molecule has 2 aromatic heterocycles. The molecule has 0 aliphatic heterocycles. The van der Waals surface area contributed by atoms with E-state index in [9.17, 15) is 0 Å². The lowest BCUT2D eigenvalue weighted by Crippen LogP contribution is -2.02. The first-order chi connectivity index (χ1) is 10.8. The van der Waals surface area contributed by atoms with Gasteiger partial charge in [0, 0.05) is 36.2 Å². The summed E-state index contributed by atoms with van der Waals surface area (Å²) in [5.74, 6) is 0. The van der Waals surface area contributed by atoms with Gasteiger partial charge >= 0.3 is 0 Å². The monoisotopic (exact) mass is 307 g/mol. The van der Waals surface area contributed by atoms with Crippen molar-refractivity contribution in [3.8, 4) is 11.1 Å². The molecule has 0 saturated carbocycles. The quantitative estimate of drug-likeness (QED) is 0.715. The third kappa shape index (κ3) is 3.72. The van der Waals surface area contributed by atoms with E-state index in [4.69, 9.17) is 0 Å². The number of nitrogens with one attached hydrogen (secondary N) is 1. The zero-order valence-electron chi connectivity index (χ0n) is 12.4. The molecule has 22 heavy (non-hydrogen) atoms. The third-order valence-corrected chi connectivity index (χ3v) is 4.20. The highest BCUT2D eigenvalue weighted by atomic mass is 32.2. The fourth-order valence-electron chi connectivity index (χ4n) is 2.20. The van der Waals surface area contributed by atoms with Gasteiger partial charge in [0.2, 0.25) is 0 Å². The second kappa shape index (κ2) is 7.20. The molecule has 3 rings (SSSR count). The number of pyridine rings is 2. The van der Waals surface area contributed by atoms with Gasteiger partial charge in [0.15, 0.2) is 0 Å². The maximum Gasteiger partial charge on any atom is 0.0314 e. The molecule has 2 heterocycles. The third-order valence-electron chi connectivity index (χ3n) is 3.40. The van der Waals surface area contributed by atoms with E-state index in [0.29, 0.717) is 0 Å². The minimum absolute atomic E-state index is 0.818. The van der Waals surface area contributed by atoms with E-state index in [-0.39, 0.29) is 0 Å². The van der Waals surface area contributed by atoms with Crippen LogP contribution in [-0.4, -0.2) is 9.97 Å². The minimum atomic E-state index is 0.818. The molecule has 0 spiro atoms. The Morgan fingerprint density at radius 1 is 0.909 bits per heavy atom. The molecule has 4 heteroatoms. The van der Waals surface area contributed by atoms with Gasteiger partial charge in [0.05, 0.1) is 0 Å². The summed E-state index contributed by atoms with van der Waals surface area (Å²) in [7, 11) is 0. The molecule has 1 N–H and O–H groups in total. The molecule has 0 amide bonds. The number of aryl methyl sites for hydroxylation is 1. The summed E-state index contributed by atoms with van der Waals surface area (Å²) in [6, 6.07) is 14.7. The van der Waals surface area contributed by atoms with Gasteiger partial charge in [-0.1, -0.05) is 12.1 Å². The van der Waals surface area contributed by atoms with Crippen LogP contribution in [0.25, 0.3) is 11.1 Å². The smallest absolute Gasteiger partial charge is 0.0314 e. The van der Waals surface area contributed by atoms with Gasteiger partial charge in [0.1, 0.15) is 0 Å². The summed E-state index contributed by atoms with van der Waals surface area (Å²) in [5.41, 5.74) is 4.87. The van der Waals surface area contributed by atoms with Crippen LogP contribution in [0.5, 0.6) is 0 Å². The Morgan fingerprint density at radius 3 is 2.36 bits per heavy atom. The maximum absolute atomic E-state index is 4.14. The Hall–Kier alpha value is -2.17. The number of hydrogen-bond acceptors (Lipinski definition) is 4. The Labute approximate surface area is 135 Å². The normalized spacial score (nSPS) is 10.6. The maximum atomic E-state index is 4.14. The van der Waals surface area contributed by atoms with Crippen molar-refractivity contribution in [2.24, 2.45) is 0 Å². The first-order valence-corrected chi connectivity index (χ1v) is 7.94. The van der Waals surface area contributed by atoms with E-state index in [1.54, 1.807) is 11.9 Å². The van der Waals surface area contributed by atoms with Gasteiger partial charge in [-0.05, 0) is 71.5 Å². The molecular weight excluding hydrogens is 290 g/mol. The molecule has 0 unspecified atom stereocenters. The molecule has 0 atom stereocenters. The molecule has 3 aromatic rings. The number of benzene rings is 1. The van der Waals surface area contributed by atoms with Crippen molar-refractivity contribution in [2.45, 2.75) is 18.4 Å². The van der Waals surface area contributed by atoms with E-state index in [2.05, 4.69) is 51.9 Å². The lowest BCUT2D eigenvalue weighted by molar-refractivity contribution is 0.969. The number of aromatic nitrogens is 2. The first-order valence-electron chi connectivity index (χ1n) is 7.12. The van der Waals surface area contributed by atoms with Crippen LogP contribution >= 0.6 is 11.9 Å². The summed E-state index contributed by atoms with van der Waals surface area (Å²) in [6.45, 7) is 2.90. The van der Waals surface area contributed by atoms with Crippen LogP contribution in [0.15, 0.2) is 72.1 Å². The van der Waals surface area contributed by atoms with Crippen LogP contribution in [0.4, 0.5) is 0 Å². The van der Waals surface area contributed by atoms with Crippen molar-refractivity contribution in [2.75, 3.05) is 0 Å². The van der Waals surface area contributed by atoms with Crippen molar-refractivity contribution in [1.29, 1.82) is 0 Å². The average Bonchev–Trinajstić information content (AvgIpc) is 2.57. The zero-order valence-corrected chi connectivity index (χ0v) is 13.2. The molecular formula is C18H17N3S. The molecule has 3 nitrogen and oxygen atoms in total. The standard InChI is InChI=1S/C18H17N3S/c1-14-12-20-11-8-18(14)16-2-4-17(5-3-16)22-21-13-15-6-9-19-10-7-15/h2-12,21H,13H2,1H3. The SMILES string of the molecule is Cc1cnccc1-c1ccc(SNCc2ccncc2)cc1. The average molecular weight is 307 g/mol. The molecule has 0 bridgehead atoms. The summed E-state index contributed by atoms with van der Waals surface area (Å²) in [6.07, 6.45) is 7.36. The Bertz CT molecular complexity index is 727. The highest BCUT2D eigenvalue weighted by Gasteiger charge is 2.02. The van der Waals surface area contributed by atoms with Crippen molar-refractivity contribution in [3.63, 3.8) is 0 Å². The molecule has 0 saturated heterocycles. The Balaban J connectivity index is 1.61. The van der Waals surface area contributed by atoms with E-state index in [1.807, 2.05) is 36.9 Å². The molecule has 0 fully saturated rings. The molecule has 0 aliphatic carbocycles. The van der Waals surface area contributed by atoms with Crippen LogP contribution in [0, 0.1) is 6.92 Å². The predicted molar refractivity (Wildman–Crippen MR) is 91.3 cm³/mol. The molecule has 0 aliphatic rings. The van der Waals surface area contributed by atoms with Crippen molar-refractivity contribution in [3.05, 3.63) is 78.4 Å². The Kier molecular flexibility index (Phi) is 4.83. The molecule has 0 radical (unpaired) electrons. The van der Waals surface area contributed by atoms with E-state index >= 15 is 0 Å². The van der Waals surface area contributed by atoms with Crippen LogP contribution in [0.3, 0.4) is 0 Å². The summed E-state index contributed by atoms with van der Waals surface area (Å²) in [4.78, 5) is 9.36. The fraction of sp³-hybridized carbons (Fsp3) is 0.111. The van der Waals surface area contributed by atoms with Crippen LogP contribution in [-0.2, 0) is 6.54 Å². The summed E-state index contributed by atoms with van der Waals surface area (Å²) < 4.78 is 3.37. The first kappa shape index (κ1) is 14.8. The number of hydrogen-bond donors (Lipinski definition) is 1.